The van der Waals surface area contributed by atoms with E-state index in [2.05, 4.69) is 9.71 Å². The molecular weight excluding hydrogens is 414 g/mol. The van der Waals surface area contributed by atoms with Crippen molar-refractivity contribution in [3.05, 3.63) is 59.7 Å². The first-order chi connectivity index (χ1) is 14.7. The Bertz CT molecular complexity index is 1020. The van der Waals surface area contributed by atoms with Gasteiger partial charge in [-0.05, 0) is 62.4 Å². The highest BCUT2D eigenvalue weighted by Gasteiger charge is 2.30. The van der Waals surface area contributed by atoms with Crippen LogP contribution in [-0.2, 0) is 21.2 Å². The van der Waals surface area contributed by atoms with Crippen molar-refractivity contribution in [1.29, 1.82) is 0 Å². The molecule has 166 valence electrons. The van der Waals surface area contributed by atoms with Crippen LogP contribution in [-0.4, -0.2) is 44.3 Å². The van der Waals surface area contributed by atoms with Crippen LogP contribution >= 0.6 is 0 Å². The quantitative estimate of drug-likeness (QED) is 0.444. The highest BCUT2D eigenvalue weighted by Crippen LogP contribution is 2.18. The smallest absolute Gasteiger partial charge is 0.241 e. The molecule has 1 heterocycles. The lowest BCUT2D eigenvalue weighted by Crippen LogP contribution is -2.50. The van der Waals surface area contributed by atoms with Crippen molar-refractivity contribution in [3.8, 4) is 0 Å². The summed E-state index contributed by atoms with van der Waals surface area (Å²) >= 11 is 0. The summed E-state index contributed by atoms with van der Waals surface area (Å²) in [6.45, 7) is 3.18. The molecule has 5 N–H and O–H groups in total. The van der Waals surface area contributed by atoms with E-state index < -0.39 is 16.1 Å². The molecule has 0 unspecified atom stereocenters. The molecule has 0 radical (unpaired) electrons. The van der Waals surface area contributed by atoms with E-state index in [9.17, 15) is 13.2 Å². The number of piperidine rings is 1. The lowest BCUT2D eigenvalue weighted by Gasteiger charge is -2.30. The largest absolute Gasteiger partial charge is 0.370 e. The third-order valence-electron chi connectivity index (χ3n) is 5.23. The number of hydrogen-bond acceptors (Lipinski definition) is 4. The molecule has 3 rings (SSSR count). The first-order valence-electron chi connectivity index (χ1n) is 10.3. The van der Waals surface area contributed by atoms with Crippen LogP contribution < -0.4 is 16.2 Å². The van der Waals surface area contributed by atoms with Crippen molar-refractivity contribution in [2.45, 2.75) is 43.5 Å². The van der Waals surface area contributed by atoms with Gasteiger partial charge < -0.3 is 16.4 Å². The minimum absolute atomic E-state index is 0.0447. The number of rotatable bonds is 7. The van der Waals surface area contributed by atoms with E-state index in [0.717, 1.165) is 30.4 Å². The van der Waals surface area contributed by atoms with Crippen LogP contribution in [0.4, 0.5) is 5.69 Å². The number of aliphatic imine (C=N–C) groups is 1. The molecule has 1 fully saturated rings. The zero-order valence-electron chi connectivity index (χ0n) is 17.6. The van der Waals surface area contributed by atoms with Gasteiger partial charge in [0.1, 0.15) is 6.04 Å². The Kier molecular flexibility index (Phi) is 7.29. The van der Waals surface area contributed by atoms with E-state index >= 15 is 0 Å². The van der Waals surface area contributed by atoms with Crippen LogP contribution in [0.5, 0.6) is 0 Å². The van der Waals surface area contributed by atoms with Gasteiger partial charge in [-0.2, -0.15) is 4.72 Å². The van der Waals surface area contributed by atoms with Crippen LogP contribution in [0.25, 0.3) is 0 Å². The second-order valence-electron chi connectivity index (χ2n) is 7.78. The minimum atomic E-state index is -3.86. The number of likely N-dealkylation sites (tertiary alicyclic amines) is 1. The summed E-state index contributed by atoms with van der Waals surface area (Å²) in [7, 11) is -3.86. The van der Waals surface area contributed by atoms with E-state index in [1.807, 2.05) is 6.92 Å². The highest BCUT2D eigenvalue weighted by atomic mass is 32.2. The summed E-state index contributed by atoms with van der Waals surface area (Å²) in [5, 5.41) is 0. The van der Waals surface area contributed by atoms with Gasteiger partial charge in [-0.1, -0.05) is 29.8 Å². The molecule has 2 aromatic carbocycles. The van der Waals surface area contributed by atoms with Gasteiger partial charge in [-0.15, -0.1) is 0 Å². The zero-order valence-corrected chi connectivity index (χ0v) is 18.4. The lowest BCUT2D eigenvalue weighted by molar-refractivity contribution is -0.133. The number of carbonyl (C=O) groups excluding carboxylic acids is 1. The summed E-state index contributed by atoms with van der Waals surface area (Å²) in [6.07, 6.45) is 3.16. The molecule has 1 atom stereocenters. The van der Waals surface area contributed by atoms with Crippen LogP contribution in [0.15, 0.2) is 58.4 Å². The number of sulfonamides is 1. The Morgan fingerprint density at radius 1 is 1.03 bits per heavy atom. The Balaban J connectivity index is 1.84. The van der Waals surface area contributed by atoms with Crippen molar-refractivity contribution in [2.24, 2.45) is 16.5 Å². The number of hydrogen-bond donors (Lipinski definition) is 3. The Hall–Kier alpha value is -2.91. The van der Waals surface area contributed by atoms with Crippen molar-refractivity contribution < 1.29 is 13.2 Å². The number of aryl methyl sites for hydroxylation is 1. The average Bonchev–Trinajstić information content (AvgIpc) is 2.74. The number of benzene rings is 2. The number of nitrogens with one attached hydrogen (secondary N) is 1. The molecule has 0 spiro atoms. The molecule has 8 nitrogen and oxygen atoms in total. The molecule has 0 bridgehead atoms. The SMILES string of the molecule is Cc1ccc(S(=O)(=O)N[C@@H](Cc2ccc(N=C(N)N)cc2)C(=O)N2CCCCC2)cc1. The van der Waals surface area contributed by atoms with Crippen LogP contribution in [0.1, 0.15) is 30.4 Å². The molecule has 9 heteroatoms. The zero-order chi connectivity index (χ0) is 22.4. The summed E-state index contributed by atoms with van der Waals surface area (Å²) in [4.78, 5) is 19.1. The van der Waals surface area contributed by atoms with Gasteiger partial charge in [0.25, 0.3) is 0 Å². The first-order valence-corrected chi connectivity index (χ1v) is 11.8. The highest BCUT2D eigenvalue weighted by molar-refractivity contribution is 7.89. The van der Waals surface area contributed by atoms with Crippen LogP contribution in [0.2, 0.25) is 0 Å². The fraction of sp³-hybridized carbons (Fsp3) is 0.364. The molecule has 1 amide bonds. The van der Waals surface area contributed by atoms with E-state index in [-0.39, 0.29) is 23.2 Å². The van der Waals surface area contributed by atoms with Crippen LogP contribution in [0, 0.1) is 6.92 Å². The molecule has 31 heavy (non-hydrogen) atoms. The molecule has 0 aliphatic carbocycles. The lowest BCUT2D eigenvalue weighted by atomic mass is 10.0. The second-order valence-corrected chi connectivity index (χ2v) is 9.49. The maximum absolute atomic E-state index is 13.2. The maximum Gasteiger partial charge on any atom is 0.241 e. The summed E-state index contributed by atoms with van der Waals surface area (Å²) in [6, 6.07) is 12.7. The van der Waals surface area contributed by atoms with Gasteiger partial charge >= 0.3 is 0 Å². The molecule has 1 aliphatic heterocycles. The number of amides is 1. The van der Waals surface area contributed by atoms with E-state index in [4.69, 9.17) is 11.5 Å². The standard InChI is InChI=1S/C22H29N5O3S/c1-16-5-11-19(12-6-16)31(29,30)26-20(21(28)27-13-3-2-4-14-27)15-17-7-9-18(10-8-17)25-22(23)24/h5-12,20,26H,2-4,13-15H2,1H3,(H4,23,24,25)/t20-/m0/s1. The van der Waals surface area contributed by atoms with Crippen molar-refractivity contribution in [1.82, 2.24) is 9.62 Å². The third-order valence-corrected chi connectivity index (χ3v) is 6.72. The maximum atomic E-state index is 13.2. The number of guanidine groups is 1. The number of nitrogens with zero attached hydrogens (tertiary/aromatic N) is 2. The number of nitrogens with two attached hydrogens (primary N) is 2. The predicted octanol–water partition coefficient (Wildman–Crippen LogP) is 1.80. The molecular formula is C22H29N5O3S. The third kappa shape index (κ3) is 6.28. The minimum Gasteiger partial charge on any atom is -0.370 e. The van der Waals surface area contributed by atoms with E-state index in [0.29, 0.717) is 18.8 Å². The molecule has 0 aromatic heterocycles. The first kappa shape index (κ1) is 22.8. The topological polar surface area (TPSA) is 131 Å². The van der Waals surface area contributed by atoms with Crippen molar-refractivity contribution >= 4 is 27.6 Å². The van der Waals surface area contributed by atoms with Crippen molar-refractivity contribution in [2.75, 3.05) is 13.1 Å². The van der Waals surface area contributed by atoms with Gasteiger partial charge in [0, 0.05) is 13.1 Å². The summed E-state index contributed by atoms with van der Waals surface area (Å²) < 4.78 is 28.6. The van der Waals surface area contributed by atoms with E-state index in [1.165, 1.54) is 0 Å². The molecule has 0 saturated carbocycles. The Morgan fingerprint density at radius 3 is 2.23 bits per heavy atom. The van der Waals surface area contributed by atoms with Gasteiger partial charge in [-0.25, -0.2) is 13.4 Å². The van der Waals surface area contributed by atoms with Crippen molar-refractivity contribution in [3.63, 3.8) is 0 Å². The van der Waals surface area contributed by atoms with Gasteiger partial charge in [0.2, 0.25) is 15.9 Å². The average molecular weight is 444 g/mol. The summed E-state index contributed by atoms with van der Waals surface area (Å²) in [5.74, 6) is -0.250. The monoisotopic (exact) mass is 443 g/mol. The van der Waals surface area contributed by atoms with Crippen LogP contribution in [0.3, 0.4) is 0 Å². The normalized spacial score (nSPS) is 15.3. The Labute approximate surface area is 183 Å². The van der Waals surface area contributed by atoms with Gasteiger partial charge in [0.15, 0.2) is 5.96 Å². The summed E-state index contributed by atoms with van der Waals surface area (Å²) in [5.41, 5.74) is 13.1. The number of carbonyl (C=O) groups is 1. The fourth-order valence-electron chi connectivity index (χ4n) is 3.58. The second kappa shape index (κ2) is 9.93. The molecule has 1 aliphatic rings. The molecule has 1 saturated heterocycles. The van der Waals surface area contributed by atoms with Gasteiger partial charge in [-0.3, -0.25) is 4.79 Å². The van der Waals surface area contributed by atoms with E-state index in [1.54, 1.807) is 53.4 Å². The predicted molar refractivity (Wildman–Crippen MR) is 121 cm³/mol. The van der Waals surface area contributed by atoms with Gasteiger partial charge in [0.05, 0.1) is 10.6 Å². The molecule has 2 aromatic rings. The fourth-order valence-corrected chi connectivity index (χ4v) is 4.77. The Morgan fingerprint density at radius 2 is 1.65 bits per heavy atom.